The van der Waals surface area contributed by atoms with Gasteiger partial charge in [-0.25, -0.2) is 4.98 Å². The van der Waals surface area contributed by atoms with Gasteiger partial charge < -0.3 is 19.3 Å². The molecule has 6 nitrogen and oxygen atoms in total. The van der Waals surface area contributed by atoms with Gasteiger partial charge >= 0.3 is 0 Å². The van der Waals surface area contributed by atoms with Gasteiger partial charge in [0.25, 0.3) is 0 Å². The number of benzene rings is 1. The van der Waals surface area contributed by atoms with E-state index in [1.165, 1.54) is 0 Å². The number of carbonyl (C=O) groups excluding carboxylic acids is 1. The maximum Gasteiger partial charge on any atom is 0.242 e. The molecular weight excluding hydrogens is 270 g/mol. The van der Waals surface area contributed by atoms with Crippen molar-refractivity contribution in [2.24, 2.45) is 0 Å². The highest BCUT2D eigenvalue weighted by Gasteiger charge is 2.35. The number of aliphatic hydroxyl groups is 1. The zero-order valence-electron chi connectivity index (χ0n) is 11.5. The van der Waals surface area contributed by atoms with Gasteiger partial charge in [0.1, 0.15) is 24.5 Å². The smallest absolute Gasteiger partial charge is 0.242 e. The zero-order chi connectivity index (χ0) is 14.7. The quantitative estimate of drug-likeness (QED) is 0.891. The molecule has 1 amide bonds. The molecule has 0 aliphatic carbocycles. The lowest BCUT2D eigenvalue weighted by Gasteiger charge is -2.17. The van der Waals surface area contributed by atoms with Gasteiger partial charge in [0.2, 0.25) is 5.91 Å². The Morgan fingerprint density at radius 1 is 1.33 bits per heavy atom. The van der Waals surface area contributed by atoms with E-state index in [1.54, 1.807) is 28.2 Å². The Bertz CT molecular complexity index is 585. The summed E-state index contributed by atoms with van der Waals surface area (Å²) in [5.41, 5.74) is 0. The number of β-amino-alcohol motifs (C(OH)–C–C–N with tert-alkyl or cyclic N) is 1. The molecule has 6 heteroatoms. The van der Waals surface area contributed by atoms with E-state index in [1.807, 2.05) is 30.3 Å². The number of carbonyl (C=O) groups is 1. The van der Waals surface area contributed by atoms with E-state index in [4.69, 9.17) is 4.74 Å². The zero-order valence-corrected chi connectivity index (χ0v) is 11.5. The number of hydrogen-bond acceptors (Lipinski definition) is 4. The van der Waals surface area contributed by atoms with Crippen LogP contribution in [0.1, 0.15) is 0 Å². The maximum atomic E-state index is 12.2. The van der Waals surface area contributed by atoms with E-state index in [0.29, 0.717) is 18.8 Å². The number of likely N-dealkylation sites (tertiary alicyclic amines) is 1. The summed E-state index contributed by atoms with van der Waals surface area (Å²) < 4.78 is 7.45. The van der Waals surface area contributed by atoms with E-state index < -0.39 is 6.10 Å². The number of rotatable bonds is 4. The highest BCUT2D eigenvalue weighted by molar-refractivity contribution is 5.76. The molecule has 1 aliphatic rings. The molecule has 0 radical (unpaired) electrons. The van der Waals surface area contributed by atoms with Crippen LogP contribution in [-0.2, 0) is 11.3 Å². The number of imidazole rings is 1. The summed E-state index contributed by atoms with van der Waals surface area (Å²) in [6, 6.07) is 9.32. The van der Waals surface area contributed by atoms with Crippen molar-refractivity contribution >= 4 is 5.91 Å². The Labute approximate surface area is 122 Å². The van der Waals surface area contributed by atoms with E-state index in [0.717, 1.165) is 0 Å². The van der Waals surface area contributed by atoms with Crippen LogP contribution in [0.25, 0.3) is 0 Å². The van der Waals surface area contributed by atoms with Gasteiger partial charge in [0.15, 0.2) is 0 Å². The monoisotopic (exact) mass is 287 g/mol. The molecule has 1 aliphatic heterocycles. The molecule has 2 atom stereocenters. The van der Waals surface area contributed by atoms with Crippen molar-refractivity contribution in [2.45, 2.75) is 18.8 Å². The highest BCUT2D eigenvalue weighted by Crippen LogP contribution is 2.18. The van der Waals surface area contributed by atoms with Gasteiger partial charge in [-0.15, -0.1) is 0 Å². The van der Waals surface area contributed by atoms with E-state index in [9.17, 15) is 9.90 Å². The molecule has 2 heterocycles. The molecule has 1 aromatic carbocycles. The number of aliphatic hydroxyl groups excluding tert-OH is 1. The summed E-state index contributed by atoms with van der Waals surface area (Å²) in [4.78, 5) is 17.7. The van der Waals surface area contributed by atoms with Crippen LogP contribution in [0.5, 0.6) is 5.75 Å². The third-order valence-electron chi connectivity index (χ3n) is 3.50. The molecule has 0 spiro atoms. The molecule has 1 N–H and O–H groups in total. The number of para-hydroxylation sites is 1. The number of amides is 1. The van der Waals surface area contributed by atoms with Gasteiger partial charge in [-0.05, 0) is 12.1 Å². The maximum absolute atomic E-state index is 12.2. The number of hydrogen-bond donors (Lipinski definition) is 1. The second-order valence-electron chi connectivity index (χ2n) is 5.07. The third kappa shape index (κ3) is 3.22. The molecule has 1 fully saturated rings. The Balaban J connectivity index is 1.59. The van der Waals surface area contributed by atoms with Gasteiger partial charge in [-0.2, -0.15) is 0 Å². The van der Waals surface area contributed by atoms with Gasteiger partial charge in [0.05, 0.1) is 19.4 Å². The summed E-state index contributed by atoms with van der Waals surface area (Å²) in [6.45, 7) is 0.916. The average molecular weight is 287 g/mol. The lowest BCUT2D eigenvalue weighted by molar-refractivity contribution is -0.131. The molecule has 2 aromatic rings. The molecular formula is C15H17N3O3. The highest BCUT2D eigenvalue weighted by atomic mass is 16.5. The molecule has 0 saturated carbocycles. The predicted molar refractivity (Wildman–Crippen MR) is 75.7 cm³/mol. The SMILES string of the molecule is O=C(Cn1ccnc1)N1C[C@@H](O)[C@H](Oc2ccccc2)C1. The summed E-state index contributed by atoms with van der Waals surface area (Å²) >= 11 is 0. The second kappa shape index (κ2) is 5.97. The van der Waals surface area contributed by atoms with Crippen LogP contribution in [-0.4, -0.2) is 50.8 Å². The van der Waals surface area contributed by atoms with Crippen molar-refractivity contribution in [3.8, 4) is 5.75 Å². The summed E-state index contributed by atoms with van der Waals surface area (Å²) in [6.07, 6.45) is 3.91. The Hall–Kier alpha value is -2.34. The fourth-order valence-electron chi connectivity index (χ4n) is 2.39. The molecule has 0 unspecified atom stereocenters. The first-order chi connectivity index (χ1) is 10.2. The number of aromatic nitrogens is 2. The molecule has 1 aromatic heterocycles. The lowest BCUT2D eigenvalue weighted by atomic mass is 10.2. The molecule has 0 bridgehead atoms. The van der Waals surface area contributed by atoms with Crippen molar-refractivity contribution in [3.05, 3.63) is 49.1 Å². The number of ether oxygens (including phenoxy) is 1. The van der Waals surface area contributed by atoms with E-state index in [2.05, 4.69) is 4.98 Å². The minimum atomic E-state index is -0.669. The van der Waals surface area contributed by atoms with Crippen LogP contribution in [0, 0.1) is 0 Å². The summed E-state index contributed by atoms with van der Waals surface area (Å²) in [5.74, 6) is 0.650. The number of nitrogens with zero attached hydrogens (tertiary/aromatic N) is 3. The summed E-state index contributed by atoms with van der Waals surface area (Å²) in [5, 5.41) is 10.1. The topological polar surface area (TPSA) is 67.6 Å². The van der Waals surface area contributed by atoms with Crippen molar-refractivity contribution in [2.75, 3.05) is 13.1 Å². The van der Waals surface area contributed by atoms with Crippen LogP contribution in [0.2, 0.25) is 0 Å². The standard InChI is InChI=1S/C15H17N3O3/c19-13-8-18(15(20)10-17-7-6-16-11-17)9-14(13)21-12-4-2-1-3-5-12/h1-7,11,13-14,19H,8-10H2/t13-,14-/m1/s1. The third-order valence-corrected chi connectivity index (χ3v) is 3.50. The fourth-order valence-corrected chi connectivity index (χ4v) is 2.39. The van der Waals surface area contributed by atoms with Crippen molar-refractivity contribution in [1.29, 1.82) is 0 Å². The molecule has 110 valence electrons. The normalized spacial score (nSPS) is 21.5. The van der Waals surface area contributed by atoms with Crippen molar-refractivity contribution in [3.63, 3.8) is 0 Å². The largest absolute Gasteiger partial charge is 0.486 e. The lowest BCUT2D eigenvalue weighted by Crippen LogP contribution is -2.33. The fraction of sp³-hybridized carbons (Fsp3) is 0.333. The average Bonchev–Trinajstić information content (AvgIpc) is 3.11. The first-order valence-electron chi connectivity index (χ1n) is 6.85. The van der Waals surface area contributed by atoms with Crippen LogP contribution < -0.4 is 4.74 Å². The Morgan fingerprint density at radius 3 is 2.86 bits per heavy atom. The van der Waals surface area contributed by atoms with Gasteiger partial charge in [-0.1, -0.05) is 18.2 Å². The second-order valence-corrected chi connectivity index (χ2v) is 5.07. The molecule has 1 saturated heterocycles. The molecule has 3 rings (SSSR count). The van der Waals surface area contributed by atoms with Crippen molar-refractivity contribution in [1.82, 2.24) is 14.5 Å². The van der Waals surface area contributed by atoms with Crippen LogP contribution >= 0.6 is 0 Å². The van der Waals surface area contributed by atoms with Crippen LogP contribution in [0.4, 0.5) is 0 Å². The Kier molecular flexibility index (Phi) is 3.87. The predicted octanol–water partition coefficient (Wildman–Crippen LogP) is 0.534. The van der Waals surface area contributed by atoms with Gasteiger partial charge in [0, 0.05) is 12.4 Å². The van der Waals surface area contributed by atoms with Crippen molar-refractivity contribution < 1.29 is 14.6 Å². The van der Waals surface area contributed by atoms with E-state index in [-0.39, 0.29) is 18.6 Å². The van der Waals surface area contributed by atoms with Crippen LogP contribution in [0.3, 0.4) is 0 Å². The first-order valence-corrected chi connectivity index (χ1v) is 6.85. The Morgan fingerprint density at radius 2 is 2.14 bits per heavy atom. The van der Waals surface area contributed by atoms with Crippen LogP contribution in [0.15, 0.2) is 49.1 Å². The van der Waals surface area contributed by atoms with Gasteiger partial charge in [-0.3, -0.25) is 4.79 Å². The first kappa shape index (κ1) is 13.6. The molecule has 21 heavy (non-hydrogen) atoms. The minimum absolute atomic E-state index is 0.0498. The summed E-state index contributed by atoms with van der Waals surface area (Å²) in [7, 11) is 0. The van der Waals surface area contributed by atoms with E-state index >= 15 is 0 Å². The minimum Gasteiger partial charge on any atom is -0.486 e.